The Labute approximate surface area is 199 Å². The van der Waals surface area contributed by atoms with Gasteiger partial charge in [-0.25, -0.2) is 9.59 Å². The highest BCUT2D eigenvalue weighted by atomic mass is 16.5. The van der Waals surface area contributed by atoms with E-state index in [-0.39, 0.29) is 24.3 Å². The SMILES string of the molecule is CC(C)(C)[C@H](NC(=O)OCC1c2ccccc2-c2ccccc21)C(=O)N1CC2CC1(C(=O)O)C2. The molecule has 34 heavy (non-hydrogen) atoms. The third-order valence-electron chi connectivity index (χ3n) is 7.59. The molecular weight excluding hydrogens is 432 g/mol. The maximum Gasteiger partial charge on any atom is 0.407 e. The van der Waals surface area contributed by atoms with E-state index in [0.29, 0.717) is 19.4 Å². The minimum atomic E-state index is -1.13. The molecule has 2 saturated heterocycles. The summed E-state index contributed by atoms with van der Waals surface area (Å²) in [6, 6.07) is 15.3. The molecule has 2 bridgehead atoms. The number of carbonyl (C=O) groups excluding carboxylic acids is 2. The topological polar surface area (TPSA) is 95.9 Å². The molecule has 3 fully saturated rings. The molecule has 7 heteroatoms. The van der Waals surface area contributed by atoms with Crippen LogP contribution in [0.25, 0.3) is 11.1 Å². The quantitative estimate of drug-likeness (QED) is 0.700. The Balaban J connectivity index is 1.30. The second-order valence-electron chi connectivity index (χ2n) is 10.8. The number of alkyl carbamates (subject to hydrolysis) is 1. The van der Waals surface area contributed by atoms with Gasteiger partial charge in [0.25, 0.3) is 0 Å². The van der Waals surface area contributed by atoms with Crippen molar-refractivity contribution >= 4 is 18.0 Å². The lowest BCUT2D eigenvalue weighted by Gasteiger charge is -2.41. The fourth-order valence-electron chi connectivity index (χ4n) is 5.83. The Morgan fingerprint density at radius 2 is 1.62 bits per heavy atom. The predicted molar refractivity (Wildman–Crippen MR) is 126 cm³/mol. The average molecular weight is 463 g/mol. The fourth-order valence-corrected chi connectivity index (χ4v) is 5.83. The molecule has 6 rings (SSSR count). The van der Waals surface area contributed by atoms with Crippen LogP contribution in [-0.2, 0) is 14.3 Å². The molecule has 0 aromatic heterocycles. The van der Waals surface area contributed by atoms with E-state index >= 15 is 0 Å². The Bertz CT molecular complexity index is 1120. The zero-order valence-electron chi connectivity index (χ0n) is 19.7. The van der Waals surface area contributed by atoms with Crippen LogP contribution in [0.3, 0.4) is 0 Å². The monoisotopic (exact) mass is 462 g/mol. The third-order valence-corrected chi connectivity index (χ3v) is 7.59. The number of nitrogens with one attached hydrogen (secondary N) is 1. The van der Waals surface area contributed by atoms with Crippen molar-refractivity contribution in [1.82, 2.24) is 10.2 Å². The summed E-state index contributed by atoms with van der Waals surface area (Å²) in [5.41, 5.74) is 2.76. The average Bonchev–Trinajstić information content (AvgIpc) is 3.43. The van der Waals surface area contributed by atoms with Crippen LogP contribution in [0, 0.1) is 11.3 Å². The van der Waals surface area contributed by atoms with E-state index in [0.717, 1.165) is 22.3 Å². The van der Waals surface area contributed by atoms with E-state index < -0.39 is 29.1 Å². The number of aliphatic carboxylic acids is 1. The van der Waals surface area contributed by atoms with Crippen molar-refractivity contribution in [3.63, 3.8) is 0 Å². The van der Waals surface area contributed by atoms with Crippen molar-refractivity contribution in [2.45, 2.75) is 51.1 Å². The number of amides is 2. The van der Waals surface area contributed by atoms with Gasteiger partial charge in [0.1, 0.15) is 18.2 Å². The molecule has 2 heterocycles. The van der Waals surface area contributed by atoms with Crippen molar-refractivity contribution in [3.05, 3.63) is 59.7 Å². The number of carboxylic acids is 1. The number of rotatable bonds is 5. The predicted octanol–water partition coefficient (Wildman–Crippen LogP) is 4.02. The Morgan fingerprint density at radius 1 is 1.06 bits per heavy atom. The van der Waals surface area contributed by atoms with E-state index in [2.05, 4.69) is 17.4 Å². The summed E-state index contributed by atoms with van der Waals surface area (Å²) in [6.45, 7) is 6.13. The summed E-state index contributed by atoms with van der Waals surface area (Å²) >= 11 is 0. The molecule has 178 valence electrons. The number of carbonyl (C=O) groups is 3. The third kappa shape index (κ3) is 3.45. The first kappa shape index (κ1) is 22.4. The Hall–Kier alpha value is -3.35. The van der Waals surface area contributed by atoms with Crippen LogP contribution in [0.1, 0.15) is 50.7 Å². The molecule has 1 atom stereocenters. The summed E-state index contributed by atoms with van der Waals surface area (Å²) < 4.78 is 5.65. The number of hydrogen-bond donors (Lipinski definition) is 2. The standard InChI is InChI=1S/C27H30N2O5/c1-26(2,3)22(23(30)29-14-16-12-27(29,13-16)24(31)32)28-25(33)34-15-21-19-10-6-4-8-17(19)18-9-5-7-11-20(18)21/h4-11,16,21-22H,12-15H2,1-3H3,(H,28,33)(H,31,32)/t16?,22-,27?/m1/s1. The van der Waals surface area contributed by atoms with Gasteiger partial charge in [-0.15, -0.1) is 0 Å². The van der Waals surface area contributed by atoms with E-state index in [4.69, 9.17) is 4.74 Å². The summed E-state index contributed by atoms with van der Waals surface area (Å²) in [7, 11) is 0. The van der Waals surface area contributed by atoms with Crippen LogP contribution in [0.2, 0.25) is 0 Å². The molecule has 2 aliphatic carbocycles. The fraction of sp³-hybridized carbons (Fsp3) is 0.444. The molecule has 0 spiro atoms. The first-order chi connectivity index (χ1) is 16.1. The summed E-state index contributed by atoms with van der Waals surface area (Å²) in [5, 5.41) is 12.5. The van der Waals surface area contributed by atoms with Crippen molar-refractivity contribution in [2.75, 3.05) is 13.2 Å². The van der Waals surface area contributed by atoms with Crippen molar-refractivity contribution in [3.8, 4) is 11.1 Å². The number of nitrogens with zero attached hydrogens (tertiary/aromatic N) is 1. The van der Waals surface area contributed by atoms with Crippen molar-refractivity contribution in [1.29, 1.82) is 0 Å². The van der Waals surface area contributed by atoms with Gasteiger partial charge in [-0.2, -0.15) is 0 Å². The van der Waals surface area contributed by atoms with Gasteiger partial charge in [0.05, 0.1) is 0 Å². The molecule has 2 amide bonds. The molecule has 2 aromatic carbocycles. The summed E-state index contributed by atoms with van der Waals surface area (Å²) in [6.07, 6.45) is 0.289. The molecule has 1 saturated carbocycles. The largest absolute Gasteiger partial charge is 0.479 e. The molecule has 2 aliphatic heterocycles. The smallest absolute Gasteiger partial charge is 0.407 e. The highest BCUT2D eigenvalue weighted by molar-refractivity contribution is 5.93. The van der Waals surface area contributed by atoms with Crippen molar-refractivity contribution < 1.29 is 24.2 Å². The van der Waals surface area contributed by atoms with Gasteiger partial charge in [-0.05, 0) is 46.4 Å². The number of carboxylic acid groups (broad SMARTS) is 1. The molecule has 4 aliphatic rings. The lowest BCUT2D eigenvalue weighted by Crippen LogP contribution is -2.61. The number of fused-ring (bicyclic) bond motifs is 4. The zero-order chi connectivity index (χ0) is 24.3. The summed E-state index contributed by atoms with van der Waals surface area (Å²) in [4.78, 5) is 39.7. The zero-order valence-corrected chi connectivity index (χ0v) is 19.7. The van der Waals surface area contributed by atoms with Gasteiger partial charge < -0.3 is 20.1 Å². The Morgan fingerprint density at radius 3 is 2.15 bits per heavy atom. The number of benzene rings is 2. The molecule has 2 N–H and O–H groups in total. The van der Waals surface area contributed by atoms with Gasteiger partial charge >= 0.3 is 12.1 Å². The minimum Gasteiger partial charge on any atom is -0.479 e. The van der Waals surface area contributed by atoms with Crippen LogP contribution >= 0.6 is 0 Å². The first-order valence-electron chi connectivity index (χ1n) is 11.8. The van der Waals surface area contributed by atoms with Crippen LogP contribution in [0.15, 0.2) is 48.5 Å². The first-order valence-corrected chi connectivity index (χ1v) is 11.8. The van der Waals surface area contributed by atoms with Crippen LogP contribution in [-0.4, -0.2) is 52.7 Å². The van der Waals surface area contributed by atoms with Crippen LogP contribution in [0.5, 0.6) is 0 Å². The van der Waals surface area contributed by atoms with Crippen LogP contribution < -0.4 is 5.32 Å². The van der Waals surface area contributed by atoms with Gasteiger partial charge in [-0.3, -0.25) is 4.79 Å². The molecule has 2 aromatic rings. The summed E-state index contributed by atoms with van der Waals surface area (Å²) in [5.74, 6) is -1.19. The molecule has 0 radical (unpaired) electrons. The van der Waals surface area contributed by atoms with Crippen LogP contribution in [0.4, 0.5) is 4.79 Å². The molecular formula is C27H30N2O5. The lowest BCUT2D eigenvalue weighted by molar-refractivity contribution is -0.160. The molecule has 0 unspecified atom stereocenters. The molecule has 7 nitrogen and oxygen atoms in total. The Kier molecular flexibility index (Phi) is 5.19. The van der Waals surface area contributed by atoms with Crippen molar-refractivity contribution in [2.24, 2.45) is 11.3 Å². The van der Waals surface area contributed by atoms with Gasteiger partial charge in [0, 0.05) is 12.5 Å². The minimum absolute atomic E-state index is 0.0805. The second-order valence-corrected chi connectivity index (χ2v) is 10.8. The van der Waals surface area contributed by atoms with E-state index in [1.807, 2.05) is 57.2 Å². The maximum atomic E-state index is 13.5. The van der Waals surface area contributed by atoms with Gasteiger partial charge in [0.15, 0.2) is 0 Å². The lowest BCUT2D eigenvalue weighted by atomic mass is 9.73. The normalized spacial score (nSPS) is 23.5. The van der Waals surface area contributed by atoms with E-state index in [9.17, 15) is 19.5 Å². The maximum absolute atomic E-state index is 13.5. The number of hydrogen-bond acceptors (Lipinski definition) is 4. The number of ether oxygens (including phenoxy) is 1. The highest BCUT2D eigenvalue weighted by Gasteiger charge is 2.63. The second kappa shape index (κ2) is 7.86. The van der Waals surface area contributed by atoms with Gasteiger partial charge in [0.2, 0.25) is 5.91 Å². The highest BCUT2D eigenvalue weighted by Crippen LogP contribution is 2.51. The van der Waals surface area contributed by atoms with E-state index in [1.54, 1.807) is 0 Å². The van der Waals surface area contributed by atoms with E-state index in [1.165, 1.54) is 4.90 Å². The van der Waals surface area contributed by atoms with Gasteiger partial charge in [-0.1, -0.05) is 69.3 Å².